The molecule has 0 amide bonds. The van der Waals surface area contributed by atoms with Gasteiger partial charge in [0.1, 0.15) is 4.83 Å². The van der Waals surface area contributed by atoms with Crippen molar-refractivity contribution in [3.8, 4) is 11.1 Å². The Hall–Kier alpha value is -1.44. The maximum atomic E-state index is 13.2. The molecule has 1 aromatic carbocycles. The number of hydrogen-bond donors (Lipinski definition) is 2. The van der Waals surface area contributed by atoms with Gasteiger partial charge in [0.2, 0.25) is 0 Å². The van der Waals surface area contributed by atoms with Gasteiger partial charge >= 0.3 is 0 Å². The number of aliphatic hydroxyl groups is 1. The molecule has 26 heavy (non-hydrogen) atoms. The lowest BCUT2D eigenvalue weighted by Crippen LogP contribution is -2.44. The van der Waals surface area contributed by atoms with Crippen molar-refractivity contribution in [3.63, 3.8) is 0 Å². The number of β-amino-alcohol motifs (C(OH)–C–C–N with tert-alkyl or cyclic N) is 1. The zero-order valence-electron chi connectivity index (χ0n) is 14.1. The quantitative estimate of drug-likeness (QED) is 0.677. The average Bonchev–Trinajstić information content (AvgIpc) is 2.93. The fourth-order valence-corrected chi connectivity index (χ4v) is 4.69. The van der Waals surface area contributed by atoms with Crippen LogP contribution in [-0.4, -0.2) is 33.9 Å². The average molecular weight is 412 g/mol. The van der Waals surface area contributed by atoms with Crippen molar-refractivity contribution in [1.82, 2.24) is 14.9 Å². The Kier molecular flexibility index (Phi) is 5.69. The van der Waals surface area contributed by atoms with Gasteiger partial charge in [-0.3, -0.25) is 9.36 Å². The number of fused-ring (bicyclic) bond motifs is 1. The monoisotopic (exact) mass is 411 g/mol. The molecular formula is C18H19Cl2N3O2S. The lowest BCUT2D eigenvalue weighted by atomic mass is 10.0. The molecule has 5 nitrogen and oxygen atoms in total. The minimum atomic E-state index is -0.597. The van der Waals surface area contributed by atoms with Crippen LogP contribution < -0.4 is 10.9 Å². The van der Waals surface area contributed by atoms with E-state index in [2.05, 4.69) is 10.3 Å². The first-order valence-electron chi connectivity index (χ1n) is 8.21. The zero-order valence-corrected chi connectivity index (χ0v) is 16.5. The minimum Gasteiger partial charge on any atom is -0.390 e. The summed E-state index contributed by atoms with van der Waals surface area (Å²) in [6.07, 6.45) is 1.67. The van der Waals surface area contributed by atoms with Gasteiger partial charge in [0.05, 0.1) is 23.9 Å². The summed E-state index contributed by atoms with van der Waals surface area (Å²) >= 11 is 7.65. The summed E-state index contributed by atoms with van der Waals surface area (Å²) in [5, 5.41) is 14.7. The van der Waals surface area contributed by atoms with E-state index in [0.29, 0.717) is 23.4 Å². The first kappa shape index (κ1) is 19.3. The molecule has 4 rings (SSSR count). The number of aryl methyl sites for hydroxylation is 1. The number of nitrogens with zero attached hydrogens (tertiary/aromatic N) is 2. The van der Waals surface area contributed by atoms with Crippen molar-refractivity contribution < 1.29 is 5.11 Å². The van der Waals surface area contributed by atoms with E-state index in [1.54, 1.807) is 10.9 Å². The molecule has 3 aromatic rings. The summed E-state index contributed by atoms with van der Waals surface area (Å²) in [7, 11) is 0. The van der Waals surface area contributed by atoms with Crippen LogP contribution in [0.2, 0.25) is 5.02 Å². The molecule has 1 saturated heterocycles. The van der Waals surface area contributed by atoms with Gasteiger partial charge < -0.3 is 10.4 Å². The van der Waals surface area contributed by atoms with Gasteiger partial charge in [-0.15, -0.1) is 23.7 Å². The highest BCUT2D eigenvalue weighted by atomic mass is 35.5. The Balaban J connectivity index is 0.00000196. The fraction of sp³-hybridized carbons (Fsp3) is 0.333. The van der Waals surface area contributed by atoms with Crippen molar-refractivity contribution in [1.29, 1.82) is 0 Å². The number of aliphatic hydroxyl groups excluding tert-OH is 1. The van der Waals surface area contributed by atoms with Crippen LogP contribution in [0.4, 0.5) is 0 Å². The third-order valence-corrected chi connectivity index (χ3v) is 5.95. The summed E-state index contributed by atoms with van der Waals surface area (Å²) in [5.74, 6) is 0. The Bertz CT molecular complexity index is 1000. The Morgan fingerprint density at radius 1 is 1.42 bits per heavy atom. The second-order valence-corrected chi connectivity index (χ2v) is 7.95. The van der Waals surface area contributed by atoms with E-state index >= 15 is 0 Å². The van der Waals surface area contributed by atoms with Gasteiger partial charge in [-0.1, -0.05) is 23.7 Å². The van der Waals surface area contributed by atoms with Gasteiger partial charge in [0, 0.05) is 22.0 Å². The van der Waals surface area contributed by atoms with Crippen molar-refractivity contribution in [2.24, 2.45) is 0 Å². The van der Waals surface area contributed by atoms with E-state index in [1.165, 1.54) is 11.3 Å². The molecule has 0 spiro atoms. The van der Waals surface area contributed by atoms with Crippen LogP contribution in [0.15, 0.2) is 35.4 Å². The highest BCUT2D eigenvalue weighted by Gasteiger charge is 2.27. The molecule has 0 saturated carbocycles. The molecule has 2 aromatic heterocycles. The van der Waals surface area contributed by atoms with E-state index in [4.69, 9.17) is 11.6 Å². The molecule has 0 radical (unpaired) electrons. The topological polar surface area (TPSA) is 67.2 Å². The van der Waals surface area contributed by atoms with Crippen molar-refractivity contribution in [2.75, 3.05) is 13.1 Å². The van der Waals surface area contributed by atoms with Gasteiger partial charge in [-0.25, -0.2) is 4.98 Å². The second-order valence-electron chi connectivity index (χ2n) is 6.31. The van der Waals surface area contributed by atoms with Crippen LogP contribution in [0.25, 0.3) is 21.3 Å². The van der Waals surface area contributed by atoms with E-state index < -0.39 is 6.10 Å². The third-order valence-electron chi connectivity index (χ3n) is 4.70. The predicted octanol–water partition coefficient (Wildman–Crippen LogP) is 3.40. The van der Waals surface area contributed by atoms with E-state index in [0.717, 1.165) is 27.4 Å². The summed E-state index contributed by atoms with van der Waals surface area (Å²) in [6.45, 7) is 3.25. The van der Waals surface area contributed by atoms with Crippen LogP contribution in [0.3, 0.4) is 0 Å². The number of aromatic nitrogens is 2. The number of nitrogens with one attached hydrogen (secondary N) is 1. The molecule has 2 atom stereocenters. The first-order chi connectivity index (χ1) is 12.1. The van der Waals surface area contributed by atoms with Gasteiger partial charge in [-0.2, -0.15) is 0 Å². The molecule has 0 aliphatic carbocycles. The van der Waals surface area contributed by atoms with Crippen LogP contribution >= 0.6 is 35.3 Å². The number of rotatable bonds is 2. The first-order valence-corrected chi connectivity index (χ1v) is 9.40. The molecule has 1 aliphatic rings. The molecule has 2 N–H and O–H groups in total. The van der Waals surface area contributed by atoms with Crippen LogP contribution in [0.5, 0.6) is 0 Å². The Labute approximate surface area is 166 Å². The molecule has 3 heterocycles. The normalized spacial score (nSPS) is 20.1. The molecule has 0 unspecified atom stereocenters. The lowest BCUT2D eigenvalue weighted by molar-refractivity contribution is 0.0852. The third kappa shape index (κ3) is 3.28. The van der Waals surface area contributed by atoms with Crippen molar-refractivity contribution >= 4 is 45.6 Å². The number of halogens is 2. The number of thiophene rings is 1. The number of piperidine rings is 1. The molecule has 8 heteroatoms. The lowest BCUT2D eigenvalue weighted by Gasteiger charge is -2.29. The van der Waals surface area contributed by atoms with Crippen LogP contribution in [-0.2, 0) is 0 Å². The molecule has 0 bridgehead atoms. The summed E-state index contributed by atoms with van der Waals surface area (Å²) in [5.41, 5.74) is 1.70. The van der Waals surface area contributed by atoms with Crippen molar-refractivity contribution in [2.45, 2.75) is 25.5 Å². The van der Waals surface area contributed by atoms with Crippen LogP contribution in [0.1, 0.15) is 17.3 Å². The maximum Gasteiger partial charge on any atom is 0.263 e. The SMILES string of the molecule is Cc1sc2ncn([C@@H]3CCNC[C@H]3O)c(=O)c2c1-c1cccc(Cl)c1.Cl. The Morgan fingerprint density at radius 2 is 2.23 bits per heavy atom. The van der Waals surface area contributed by atoms with E-state index in [9.17, 15) is 9.90 Å². The molecule has 138 valence electrons. The van der Waals surface area contributed by atoms with Gasteiger partial charge in [-0.05, 0) is 37.6 Å². The second kappa shape index (κ2) is 7.66. The largest absolute Gasteiger partial charge is 0.390 e. The standard InChI is InChI=1S/C18H18ClN3O2S.ClH/c1-10-15(11-3-2-4-12(19)7-11)16-17(25-10)21-9-22(18(16)24)13-5-6-20-8-14(13)23;/h2-4,7,9,13-14,20,23H,5-6,8H2,1H3;1H/t13-,14-;/m1./s1. The van der Waals surface area contributed by atoms with E-state index in [1.807, 2.05) is 31.2 Å². The summed E-state index contributed by atoms with van der Waals surface area (Å²) in [4.78, 5) is 19.5. The van der Waals surface area contributed by atoms with Crippen LogP contribution in [0, 0.1) is 6.92 Å². The Morgan fingerprint density at radius 3 is 2.96 bits per heavy atom. The summed E-state index contributed by atoms with van der Waals surface area (Å²) in [6, 6.07) is 7.27. The highest BCUT2D eigenvalue weighted by molar-refractivity contribution is 7.19. The smallest absolute Gasteiger partial charge is 0.263 e. The molecule has 1 fully saturated rings. The molecule has 1 aliphatic heterocycles. The van der Waals surface area contributed by atoms with Gasteiger partial charge in [0.25, 0.3) is 5.56 Å². The van der Waals surface area contributed by atoms with E-state index in [-0.39, 0.29) is 24.0 Å². The van der Waals surface area contributed by atoms with Gasteiger partial charge in [0.15, 0.2) is 0 Å². The zero-order chi connectivity index (χ0) is 17.6. The molecular weight excluding hydrogens is 393 g/mol. The minimum absolute atomic E-state index is 0. The maximum absolute atomic E-state index is 13.2. The number of benzene rings is 1. The fourth-order valence-electron chi connectivity index (χ4n) is 3.50. The number of hydrogen-bond acceptors (Lipinski definition) is 5. The van der Waals surface area contributed by atoms with Crippen molar-refractivity contribution in [3.05, 3.63) is 50.8 Å². The highest BCUT2D eigenvalue weighted by Crippen LogP contribution is 2.36. The summed E-state index contributed by atoms with van der Waals surface area (Å²) < 4.78 is 1.59. The predicted molar refractivity (Wildman–Crippen MR) is 109 cm³/mol.